The first-order valence-corrected chi connectivity index (χ1v) is 14.8. The lowest BCUT2D eigenvalue weighted by Gasteiger charge is -2.26. The first kappa shape index (κ1) is 29.6. The van der Waals surface area contributed by atoms with Crippen molar-refractivity contribution in [1.82, 2.24) is 25.4 Å². The fourth-order valence-corrected chi connectivity index (χ4v) is 5.17. The highest BCUT2D eigenvalue weighted by Gasteiger charge is 2.16. The van der Waals surface area contributed by atoms with Gasteiger partial charge in [0.2, 0.25) is 0 Å². The molecule has 2 amide bonds. The summed E-state index contributed by atoms with van der Waals surface area (Å²) in [7, 11) is 2.09. The summed E-state index contributed by atoms with van der Waals surface area (Å²) >= 11 is 0. The summed E-state index contributed by atoms with van der Waals surface area (Å²) in [5.74, 6) is 1.13. The van der Waals surface area contributed by atoms with E-state index in [-0.39, 0.29) is 11.9 Å². The molecule has 1 aromatic heterocycles. The van der Waals surface area contributed by atoms with Crippen molar-refractivity contribution < 1.29 is 9.53 Å². The third-order valence-electron chi connectivity index (χ3n) is 7.48. The fourth-order valence-electron chi connectivity index (χ4n) is 5.17. The van der Waals surface area contributed by atoms with E-state index in [1.165, 1.54) is 43.5 Å². The molecule has 2 heterocycles. The minimum absolute atomic E-state index is 0.133. The zero-order chi connectivity index (χ0) is 27.8. The van der Waals surface area contributed by atoms with Crippen LogP contribution in [0.25, 0.3) is 0 Å². The highest BCUT2D eigenvalue weighted by molar-refractivity contribution is 5.73. The Morgan fingerprint density at radius 1 is 0.925 bits per heavy atom. The molecule has 1 fully saturated rings. The topological polar surface area (TPSA) is 69.7 Å². The quantitative estimate of drug-likeness (QED) is 0.255. The minimum atomic E-state index is -0.133. The predicted molar refractivity (Wildman–Crippen MR) is 162 cm³/mol. The van der Waals surface area contributed by atoms with Crippen LogP contribution in [0, 0.1) is 0 Å². The summed E-state index contributed by atoms with van der Waals surface area (Å²) in [6.45, 7) is 6.89. The van der Waals surface area contributed by atoms with Crippen LogP contribution >= 0.6 is 0 Å². The van der Waals surface area contributed by atoms with Crippen LogP contribution in [0.2, 0.25) is 0 Å². The number of rotatable bonds is 15. The number of pyridine rings is 1. The fraction of sp³-hybridized carbons (Fsp3) is 0.455. The lowest BCUT2D eigenvalue weighted by molar-refractivity contribution is 0.221. The van der Waals surface area contributed by atoms with Gasteiger partial charge in [0.15, 0.2) is 0 Å². The second-order valence-corrected chi connectivity index (χ2v) is 10.7. The number of nitrogens with one attached hydrogen (secondary N) is 2. The number of nitrogens with zero attached hydrogens (tertiary/aromatic N) is 3. The molecule has 1 aliphatic heterocycles. The second-order valence-electron chi connectivity index (χ2n) is 10.7. The van der Waals surface area contributed by atoms with Crippen molar-refractivity contribution in [3.63, 3.8) is 0 Å². The second kappa shape index (κ2) is 16.6. The molecule has 7 heteroatoms. The van der Waals surface area contributed by atoms with Crippen molar-refractivity contribution in [3.8, 4) is 5.75 Å². The summed E-state index contributed by atoms with van der Waals surface area (Å²) < 4.78 is 5.86. The van der Waals surface area contributed by atoms with Gasteiger partial charge in [0, 0.05) is 44.0 Å². The Kier molecular flexibility index (Phi) is 12.3. The number of likely N-dealkylation sites (tertiary alicyclic amines) is 1. The first-order valence-electron chi connectivity index (χ1n) is 14.8. The third kappa shape index (κ3) is 10.3. The maximum absolute atomic E-state index is 12.2. The van der Waals surface area contributed by atoms with E-state index in [1.54, 1.807) is 0 Å². The van der Waals surface area contributed by atoms with Crippen molar-refractivity contribution in [2.24, 2.45) is 0 Å². The van der Waals surface area contributed by atoms with Crippen molar-refractivity contribution >= 4 is 6.03 Å². The van der Waals surface area contributed by atoms with E-state index >= 15 is 0 Å². The van der Waals surface area contributed by atoms with E-state index in [9.17, 15) is 4.79 Å². The molecule has 0 bridgehead atoms. The summed E-state index contributed by atoms with van der Waals surface area (Å²) in [5, 5.41) is 5.89. The molecule has 0 saturated carbocycles. The van der Waals surface area contributed by atoms with Crippen molar-refractivity contribution in [1.29, 1.82) is 0 Å². The van der Waals surface area contributed by atoms with Gasteiger partial charge in [-0.1, -0.05) is 55.0 Å². The number of aromatic nitrogens is 1. The van der Waals surface area contributed by atoms with E-state index in [2.05, 4.69) is 74.9 Å². The van der Waals surface area contributed by atoms with Gasteiger partial charge in [0.05, 0.1) is 6.61 Å². The van der Waals surface area contributed by atoms with Crippen LogP contribution in [0.15, 0.2) is 79.0 Å². The van der Waals surface area contributed by atoms with E-state index in [4.69, 9.17) is 4.74 Å². The molecule has 2 aromatic carbocycles. The number of carbonyl (C=O) groups is 1. The molecule has 2 N–H and O–H groups in total. The van der Waals surface area contributed by atoms with Gasteiger partial charge in [-0.25, -0.2) is 4.79 Å². The average molecular weight is 544 g/mol. The molecule has 3 aromatic rings. The number of piperidine rings is 1. The summed E-state index contributed by atoms with van der Waals surface area (Å²) in [5.41, 5.74) is 3.71. The van der Waals surface area contributed by atoms with Gasteiger partial charge in [-0.2, -0.15) is 0 Å². The van der Waals surface area contributed by atoms with Crippen molar-refractivity contribution in [2.75, 3.05) is 52.9 Å². The number of likely N-dealkylation sites (N-methyl/N-ethyl adjacent to an activating group) is 1. The normalized spacial score (nSPS) is 14.6. The Bertz CT molecular complexity index is 1070. The van der Waals surface area contributed by atoms with Crippen LogP contribution in [-0.4, -0.2) is 73.7 Å². The number of hydrogen-bond acceptors (Lipinski definition) is 5. The smallest absolute Gasteiger partial charge is 0.314 e. The van der Waals surface area contributed by atoms with Crippen LogP contribution in [0.3, 0.4) is 0 Å². The number of benzene rings is 2. The molecular weight excluding hydrogens is 498 g/mol. The van der Waals surface area contributed by atoms with E-state index < -0.39 is 0 Å². The molecule has 214 valence electrons. The highest BCUT2D eigenvalue weighted by Crippen LogP contribution is 2.26. The van der Waals surface area contributed by atoms with Crippen LogP contribution in [0.1, 0.15) is 54.8 Å². The molecule has 0 aliphatic carbocycles. The molecular formula is C33H45N5O2. The Morgan fingerprint density at radius 3 is 2.42 bits per heavy atom. The maximum atomic E-state index is 12.2. The Morgan fingerprint density at radius 2 is 1.68 bits per heavy atom. The lowest BCUT2D eigenvalue weighted by atomic mass is 9.92. The molecule has 1 atom stereocenters. The van der Waals surface area contributed by atoms with Gasteiger partial charge in [-0.15, -0.1) is 0 Å². The summed E-state index contributed by atoms with van der Waals surface area (Å²) in [4.78, 5) is 21.6. The van der Waals surface area contributed by atoms with Crippen LogP contribution < -0.4 is 15.4 Å². The van der Waals surface area contributed by atoms with E-state index in [0.717, 1.165) is 43.9 Å². The Balaban J connectivity index is 1.06. The molecule has 7 nitrogen and oxygen atoms in total. The zero-order valence-corrected chi connectivity index (χ0v) is 23.9. The number of carbonyl (C=O) groups excluding carboxylic acids is 1. The Hall–Kier alpha value is -3.42. The zero-order valence-electron chi connectivity index (χ0n) is 23.9. The Labute approximate surface area is 239 Å². The van der Waals surface area contributed by atoms with Crippen LogP contribution in [0.4, 0.5) is 4.79 Å². The molecule has 4 rings (SSSR count). The van der Waals surface area contributed by atoms with Gasteiger partial charge in [-0.05, 0) is 87.8 Å². The van der Waals surface area contributed by atoms with Gasteiger partial charge >= 0.3 is 6.03 Å². The number of ether oxygens (including phenoxy) is 1. The van der Waals surface area contributed by atoms with Crippen molar-refractivity contribution in [2.45, 2.75) is 44.6 Å². The first-order chi connectivity index (χ1) is 19.7. The van der Waals surface area contributed by atoms with Crippen LogP contribution in [-0.2, 0) is 6.54 Å². The molecule has 0 spiro atoms. The number of hydrogen-bond donors (Lipinski definition) is 2. The SMILES string of the molecule is CN(CCNC(=O)NCCCOc1ccc(CN2CCCCC2)cc1)CCC(c1ccccc1)c1ccccn1. The largest absolute Gasteiger partial charge is 0.494 e. The highest BCUT2D eigenvalue weighted by atomic mass is 16.5. The van der Waals surface area contributed by atoms with E-state index in [1.807, 2.05) is 36.5 Å². The number of amides is 2. The predicted octanol–water partition coefficient (Wildman–Crippen LogP) is 5.29. The maximum Gasteiger partial charge on any atom is 0.314 e. The molecule has 0 radical (unpaired) electrons. The molecule has 40 heavy (non-hydrogen) atoms. The molecule has 1 unspecified atom stereocenters. The molecule has 1 saturated heterocycles. The van der Waals surface area contributed by atoms with Gasteiger partial charge in [-0.3, -0.25) is 9.88 Å². The van der Waals surface area contributed by atoms with Gasteiger partial charge in [0.1, 0.15) is 5.75 Å². The molecule has 1 aliphatic rings. The van der Waals surface area contributed by atoms with Gasteiger partial charge in [0.25, 0.3) is 0 Å². The standard InChI is InChI=1S/C33H45N5O2/c1-37(24-18-31(29-11-4-2-5-12-29)32-13-6-7-19-34-32)25-21-36-33(39)35-20-10-26-40-30-16-14-28(15-17-30)27-38-22-8-3-9-23-38/h2,4-7,11-17,19,31H,3,8-10,18,20-27H2,1H3,(H2,35,36,39). The minimum Gasteiger partial charge on any atom is -0.494 e. The van der Waals surface area contributed by atoms with Crippen LogP contribution in [0.5, 0.6) is 5.75 Å². The lowest BCUT2D eigenvalue weighted by Crippen LogP contribution is -2.40. The van der Waals surface area contributed by atoms with E-state index in [0.29, 0.717) is 19.7 Å². The van der Waals surface area contributed by atoms with Crippen molar-refractivity contribution in [3.05, 3.63) is 95.8 Å². The monoisotopic (exact) mass is 543 g/mol. The summed E-state index contributed by atoms with van der Waals surface area (Å²) in [6, 6.07) is 24.9. The number of urea groups is 1. The third-order valence-corrected chi connectivity index (χ3v) is 7.48. The summed E-state index contributed by atoms with van der Waals surface area (Å²) in [6.07, 6.45) is 7.57. The average Bonchev–Trinajstić information content (AvgIpc) is 2.99. The van der Waals surface area contributed by atoms with Gasteiger partial charge < -0.3 is 20.3 Å².